The Morgan fingerprint density at radius 2 is 2.08 bits per heavy atom. The van der Waals surface area contributed by atoms with E-state index in [9.17, 15) is 8.42 Å². The van der Waals surface area contributed by atoms with Gasteiger partial charge in [-0.1, -0.05) is 0 Å². The van der Waals surface area contributed by atoms with Crippen LogP contribution in [0.5, 0.6) is 5.75 Å². The molecule has 0 saturated carbocycles. The van der Waals surface area contributed by atoms with E-state index in [1.54, 1.807) is 11.4 Å². The molecule has 0 amide bonds. The highest BCUT2D eigenvalue weighted by Crippen LogP contribution is 2.24. The molecule has 0 atom stereocenters. The van der Waals surface area contributed by atoms with Crippen molar-refractivity contribution in [1.82, 2.24) is 4.72 Å². The standard InChI is InChI=1S/C4H5NOS.C2H7NO2S/c5-4-3(6)1-2-7-4;1-3-6(2,4)5/h1-2,6H,5H2;3H,1-2H3. The molecule has 1 aromatic heterocycles. The molecule has 0 aliphatic rings. The maximum absolute atomic E-state index is 9.89. The number of sulfonamides is 1. The van der Waals surface area contributed by atoms with E-state index in [2.05, 4.69) is 4.72 Å². The van der Waals surface area contributed by atoms with E-state index < -0.39 is 10.0 Å². The van der Waals surface area contributed by atoms with Crippen molar-refractivity contribution in [1.29, 1.82) is 0 Å². The fourth-order valence-electron chi connectivity index (χ4n) is 0.314. The SMILES string of the molecule is CNS(C)(=O)=O.Nc1sccc1O. The van der Waals surface area contributed by atoms with Crippen molar-refractivity contribution in [3.63, 3.8) is 0 Å². The van der Waals surface area contributed by atoms with E-state index >= 15 is 0 Å². The molecule has 0 unspecified atom stereocenters. The summed E-state index contributed by atoms with van der Waals surface area (Å²) in [6.07, 6.45) is 1.10. The lowest BCUT2D eigenvalue weighted by Gasteiger charge is -1.85. The Labute approximate surface area is 81.3 Å². The summed E-state index contributed by atoms with van der Waals surface area (Å²) in [4.78, 5) is 0. The largest absolute Gasteiger partial charge is 0.505 e. The Morgan fingerprint density at radius 3 is 2.15 bits per heavy atom. The van der Waals surface area contributed by atoms with Gasteiger partial charge in [0, 0.05) is 0 Å². The number of aromatic hydroxyl groups is 1. The average Bonchev–Trinajstić information content (AvgIpc) is 2.36. The van der Waals surface area contributed by atoms with Gasteiger partial charge in [-0.2, -0.15) is 0 Å². The summed E-state index contributed by atoms with van der Waals surface area (Å²) >= 11 is 1.33. The molecule has 0 radical (unpaired) electrons. The molecule has 0 saturated heterocycles. The van der Waals surface area contributed by atoms with Crippen molar-refractivity contribution in [3.05, 3.63) is 11.4 Å². The predicted molar refractivity (Wildman–Crippen MR) is 54.3 cm³/mol. The number of nitrogens with two attached hydrogens (primary N) is 1. The maximum atomic E-state index is 9.89. The molecule has 76 valence electrons. The fourth-order valence-corrected chi connectivity index (χ4v) is 0.847. The maximum Gasteiger partial charge on any atom is 0.208 e. The summed E-state index contributed by atoms with van der Waals surface area (Å²) in [7, 11) is -1.54. The van der Waals surface area contributed by atoms with Crippen LogP contribution in [0.1, 0.15) is 0 Å². The number of rotatable bonds is 1. The van der Waals surface area contributed by atoms with Crippen LogP contribution in [-0.2, 0) is 10.0 Å². The first-order valence-corrected chi connectivity index (χ1v) is 6.04. The van der Waals surface area contributed by atoms with Crippen molar-refractivity contribution in [2.75, 3.05) is 19.0 Å². The van der Waals surface area contributed by atoms with Crippen LogP contribution in [-0.4, -0.2) is 26.8 Å². The molecule has 0 aliphatic carbocycles. The molecule has 1 aromatic rings. The fraction of sp³-hybridized carbons (Fsp3) is 0.333. The topological polar surface area (TPSA) is 92.4 Å². The minimum Gasteiger partial charge on any atom is -0.505 e. The molecule has 0 aromatic carbocycles. The summed E-state index contributed by atoms with van der Waals surface area (Å²) in [6.45, 7) is 0. The molecule has 7 heteroatoms. The zero-order chi connectivity index (χ0) is 10.5. The lowest BCUT2D eigenvalue weighted by Crippen LogP contribution is -2.15. The Bertz CT molecular complexity index is 328. The van der Waals surface area contributed by atoms with Crippen LogP contribution < -0.4 is 10.5 Å². The van der Waals surface area contributed by atoms with Gasteiger partial charge in [-0.3, -0.25) is 0 Å². The van der Waals surface area contributed by atoms with Gasteiger partial charge in [-0.05, 0) is 18.5 Å². The van der Waals surface area contributed by atoms with Gasteiger partial charge in [0.05, 0.1) is 6.26 Å². The van der Waals surface area contributed by atoms with Crippen LogP contribution >= 0.6 is 11.3 Å². The van der Waals surface area contributed by atoms with Crippen LogP contribution in [0, 0.1) is 0 Å². The monoisotopic (exact) mass is 224 g/mol. The summed E-state index contributed by atoms with van der Waals surface area (Å²) in [5.74, 6) is 0.185. The number of anilines is 1. The number of hydrogen-bond donors (Lipinski definition) is 3. The molecular formula is C6H12N2O3S2. The Morgan fingerprint density at radius 1 is 1.62 bits per heavy atom. The molecule has 1 rings (SSSR count). The van der Waals surface area contributed by atoms with E-state index in [0.29, 0.717) is 5.00 Å². The van der Waals surface area contributed by atoms with Crippen LogP contribution in [0.2, 0.25) is 0 Å². The van der Waals surface area contributed by atoms with Gasteiger partial charge in [0.2, 0.25) is 10.0 Å². The number of hydrogen-bond acceptors (Lipinski definition) is 5. The molecular weight excluding hydrogens is 212 g/mol. The molecule has 0 bridgehead atoms. The third kappa shape index (κ3) is 6.38. The first-order valence-electron chi connectivity index (χ1n) is 3.27. The second-order valence-electron chi connectivity index (χ2n) is 2.15. The van der Waals surface area contributed by atoms with Gasteiger partial charge in [0.15, 0.2) is 0 Å². The molecule has 1 heterocycles. The van der Waals surface area contributed by atoms with Gasteiger partial charge < -0.3 is 10.8 Å². The third-order valence-electron chi connectivity index (χ3n) is 1.04. The molecule has 0 fully saturated rings. The lowest BCUT2D eigenvalue weighted by atomic mass is 10.6. The Balaban J connectivity index is 0.000000226. The molecule has 0 spiro atoms. The summed E-state index contributed by atoms with van der Waals surface area (Å²) in [6, 6.07) is 1.57. The van der Waals surface area contributed by atoms with Crippen LogP contribution in [0.25, 0.3) is 0 Å². The van der Waals surface area contributed by atoms with Crippen molar-refractivity contribution in [3.8, 4) is 5.75 Å². The van der Waals surface area contributed by atoms with Crippen LogP contribution in [0.15, 0.2) is 11.4 Å². The smallest absolute Gasteiger partial charge is 0.208 e. The number of thiophene rings is 1. The molecule has 0 aliphatic heterocycles. The van der Waals surface area contributed by atoms with Crippen molar-refractivity contribution >= 4 is 26.4 Å². The Kier molecular flexibility index (Phi) is 4.74. The van der Waals surface area contributed by atoms with Gasteiger partial charge in [0.25, 0.3) is 0 Å². The minimum atomic E-state index is -2.91. The van der Waals surface area contributed by atoms with Crippen LogP contribution in [0.4, 0.5) is 5.00 Å². The minimum absolute atomic E-state index is 0.185. The normalized spacial score (nSPS) is 10.3. The highest BCUT2D eigenvalue weighted by molar-refractivity contribution is 7.88. The van der Waals surface area contributed by atoms with E-state index in [1.807, 2.05) is 0 Å². The van der Waals surface area contributed by atoms with Crippen LogP contribution in [0.3, 0.4) is 0 Å². The van der Waals surface area contributed by atoms with E-state index in [0.717, 1.165) is 6.26 Å². The number of nitrogens with one attached hydrogen (secondary N) is 1. The van der Waals surface area contributed by atoms with Gasteiger partial charge in [-0.25, -0.2) is 13.1 Å². The molecule has 5 nitrogen and oxygen atoms in total. The second kappa shape index (κ2) is 5.05. The van der Waals surface area contributed by atoms with E-state index in [1.165, 1.54) is 18.4 Å². The summed E-state index contributed by atoms with van der Waals surface area (Å²) in [5, 5.41) is 10.9. The first kappa shape index (κ1) is 12.2. The molecule has 13 heavy (non-hydrogen) atoms. The lowest BCUT2D eigenvalue weighted by molar-refractivity contribution is 0.480. The summed E-state index contributed by atoms with van der Waals surface area (Å²) < 4.78 is 21.9. The third-order valence-corrected chi connectivity index (χ3v) is 2.52. The highest BCUT2D eigenvalue weighted by atomic mass is 32.2. The van der Waals surface area contributed by atoms with E-state index in [4.69, 9.17) is 10.8 Å². The number of nitrogen functional groups attached to an aromatic ring is 1. The zero-order valence-corrected chi connectivity index (χ0v) is 8.95. The van der Waals surface area contributed by atoms with Gasteiger partial charge >= 0.3 is 0 Å². The van der Waals surface area contributed by atoms with Gasteiger partial charge in [-0.15, -0.1) is 11.3 Å². The van der Waals surface area contributed by atoms with Crippen molar-refractivity contribution in [2.45, 2.75) is 0 Å². The van der Waals surface area contributed by atoms with Crippen molar-refractivity contribution in [2.24, 2.45) is 0 Å². The quantitative estimate of drug-likeness (QED) is 0.635. The van der Waals surface area contributed by atoms with Gasteiger partial charge in [0.1, 0.15) is 10.8 Å². The average molecular weight is 224 g/mol. The summed E-state index contributed by atoms with van der Waals surface area (Å²) in [5.41, 5.74) is 5.21. The molecule has 4 N–H and O–H groups in total. The first-order chi connectivity index (χ1) is 5.87. The highest BCUT2D eigenvalue weighted by Gasteiger charge is 1.91. The van der Waals surface area contributed by atoms with E-state index in [-0.39, 0.29) is 5.75 Å². The predicted octanol–water partition coefficient (Wildman–Crippen LogP) is 0.201. The zero-order valence-electron chi connectivity index (χ0n) is 7.31. The Hall–Kier alpha value is -0.790. The second-order valence-corrected chi connectivity index (χ2v) is 5.05. The van der Waals surface area contributed by atoms with Crippen molar-refractivity contribution < 1.29 is 13.5 Å².